The van der Waals surface area contributed by atoms with Crippen molar-refractivity contribution in [2.45, 2.75) is 39.0 Å². The van der Waals surface area contributed by atoms with Gasteiger partial charge in [-0.2, -0.15) is 5.26 Å². The molecule has 6 heteroatoms. The highest BCUT2D eigenvalue weighted by Crippen LogP contribution is 2.50. The van der Waals surface area contributed by atoms with Gasteiger partial charge < -0.3 is 0 Å². The molecule has 166 valence electrons. The number of carbonyl (C=O) groups is 1. The number of hydrogen-bond donors (Lipinski definition) is 0. The van der Waals surface area contributed by atoms with Crippen LogP contribution in [0, 0.1) is 23.2 Å². The molecule has 3 atom stereocenters. The number of aromatic nitrogens is 2. The second-order valence-electron chi connectivity index (χ2n) is 8.72. The first kappa shape index (κ1) is 22.8. The van der Waals surface area contributed by atoms with Crippen molar-refractivity contribution in [1.29, 1.82) is 5.26 Å². The molecule has 0 unspecified atom stereocenters. The monoisotopic (exact) mass is 456 g/mol. The zero-order valence-corrected chi connectivity index (χ0v) is 19.7. The molecule has 1 aromatic carbocycles. The molecule has 0 aliphatic heterocycles. The van der Waals surface area contributed by atoms with Crippen LogP contribution in [0.4, 0.5) is 0 Å². The summed E-state index contributed by atoms with van der Waals surface area (Å²) in [6, 6.07) is 9.74. The Morgan fingerprint density at radius 1 is 1.33 bits per heavy atom. The summed E-state index contributed by atoms with van der Waals surface area (Å²) in [6.07, 6.45) is 8.78. The molecule has 4 rings (SSSR count). The number of hydrogen-bond acceptors (Lipinski definition) is 5. The van der Waals surface area contributed by atoms with Crippen LogP contribution in [0.15, 0.2) is 59.3 Å². The molecule has 0 fully saturated rings. The molecule has 0 saturated heterocycles. The predicted octanol–water partition coefficient (Wildman–Crippen LogP) is 5.90. The van der Waals surface area contributed by atoms with Crippen molar-refractivity contribution in [2.75, 3.05) is 0 Å². The van der Waals surface area contributed by atoms with E-state index in [0.717, 1.165) is 40.9 Å². The molecule has 5 nitrogen and oxygen atoms in total. The van der Waals surface area contributed by atoms with Gasteiger partial charge in [0.1, 0.15) is 6.07 Å². The van der Waals surface area contributed by atoms with E-state index in [1.165, 1.54) is 0 Å². The van der Waals surface area contributed by atoms with Crippen molar-refractivity contribution in [3.8, 4) is 17.3 Å². The van der Waals surface area contributed by atoms with Gasteiger partial charge in [-0.25, -0.2) is 9.97 Å². The van der Waals surface area contributed by atoms with Crippen LogP contribution in [0.1, 0.15) is 44.3 Å². The summed E-state index contributed by atoms with van der Waals surface area (Å²) < 4.78 is 0. The normalized spacial score (nSPS) is 24.6. The second-order valence-corrected chi connectivity index (χ2v) is 9.16. The first-order valence-electron chi connectivity index (χ1n) is 11.0. The van der Waals surface area contributed by atoms with Crippen LogP contribution in [0.2, 0.25) is 5.02 Å². The number of benzene rings is 1. The van der Waals surface area contributed by atoms with E-state index in [0.29, 0.717) is 10.8 Å². The van der Waals surface area contributed by atoms with Crippen LogP contribution >= 0.6 is 11.6 Å². The van der Waals surface area contributed by atoms with Gasteiger partial charge in [0.05, 0.1) is 17.0 Å². The van der Waals surface area contributed by atoms with Gasteiger partial charge in [-0.05, 0) is 50.6 Å². The molecule has 0 saturated carbocycles. The molecule has 0 bridgehead atoms. The van der Waals surface area contributed by atoms with Crippen molar-refractivity contribution < 1.29 is 4.79 Å². The lowest BCUT2D eigenvalue weighted by Gasteiger charge is -2.45. The zero-order chi connectivity index (χ0) is 23.8. The smallest absolute Gasteiger partial charge is 0.176 e. The van der Waals surface area contributed by atoms with Crippen LogP contribution in [0.25, 0.3) is 16.8 Å². The third-order valence-corrected chi connectivity index (χ3v) is 7.14. The maximum Gasteiger partial charge on any atom is 0.176 e. The SMILES string of the molecule is C=N/C=C\C(=C/C)c1nc(-c2ccc(Cl)cc2)c2c(n1)[C@]1(C)C=C(C#N)C(=O)[C@H](C)[C@H]1CC2. The van der Waals surface area contributed by atoms with Gasteiger partial charge in [0, 0.05) is 39.3 Å². The summed E-state index contributed by atoms with van der Waals surface area (Å²) in [7, 11) is 0. The maximum atomic E-state index is 12.8. The van der Waals surface area contributed by atoms with E-state index in [4.69, 9.17) is 21.6 Å². The third-order valence-electron chi connectivity index (χ3n) is 6.89. The highest BCUT2D eigenvalue weighted by Gasteiger charge is 2.49. The molecule has 2 aromatic rings. The number of nitriles is 1. The molecule has 0 N–H and O–H groups in total. The molecule has 0 radical (unpaired) electrons. The Hall–Kier alpha value is -3.36. The van der Waals surface area contributed by atoms with Crippen molar-refractivity contribution in [2.24, 2.45) is 16.8 Å². The largest absolute Gasteiger partial charge is 0.293 e. The summed E-state index contributed by atoms with van der Waals surface area (Å²) in [4.78, 5) is 26.6. The lowest BCUT2D eigenvalue weighted by atomic mass is 9.57. The third kappa shape index (κ3) is 3.85. The fourth-order valence-electron chi connectivity index (χ4n) is 5.18. The number of nitrogens with zero attached hydrogens (tertiary/aromatic N) is 4. The Labute approximate surface area is 199 Å². The van der Waals surface area contributed by atoms with Gasteiger partial charge in [-0.1, -0.05) is 49.7 Å². The zero-order valence-electron chi connectivity index (χ0n) is 19.0. The Bertz CT molecular complexity index is 1270. The number of allylic oxidation sites excluding steroid dienone is 5. The first-order chi connectivity index (χ1) is 15.8. The number of rotatable bonds is 4. The van der Waals surface area contributed by atoms with E-state index in [-0.39, 0.29) is 23.2 Å². The lowest BCUT2D eigenvalue weighted by molar-refractivity contribution is -0.121. The molecule has 2 aliphatic rings. The minimum atomic E-state index is -0.551. The van der Waals surface area contributed by atoms with Crippen LogP contribution < -0.4 is 0 Å². The number of ketones is 1. The van der Waals surface area contributed by atoms with Gasteiger partial charge in [0.15, 0.2) is 11.6 Å². The quantitative estimate of drug-likeness (QED) is 0.423. The van der Waals surface area contributed by atoms with E-state index < -0.39 is 5.41 Å². The van der Waals surface area contributed by atoms with E-state index in [1.54, 1.807) is 6.20 Å². The highest BCUT2D eigenvalue weighted by atomic mass is 35.5. The average Bonchev–Trinajstić information content (AvgIpc) is 2.82. The number of aliphatic imine (C=N–C) groups is 1. The molecule has 1 aromatic heterocycles. The molecule has 33 heavy (non-hydrogen) atoms. The Balaban J connectivity index is 2.03. The first-order valence-corrected chi connectivity index (χ1v) is 11.4. The van der Waals surface area contributed by atoms with Crippen molar-refractivity contribution in [1.82, 2.24) is 9.97 Å². The van der Waals surface area contributed by atoms with Crippen molar-refractivity contribution in [3.05, 3.63) is 76.4 Å². The van der Waals surface area contributed by atoms with Crippen molar-refractivity contribution in [3.63, 3.8) is 0 Å². The topological polar surface area (TPSA) is 79.0 Å². The Morgan fingerprint density at radius 2 is 2.06 bits per heavy atom. The highest BCUT2D eigenvalue weighted by molar-refractivity contribution is 6.30. The Kier molecular flexibility index (Phi) is 6.14. The van der Waals surface area contributed by atoms with Crippen LogP contribution in [0.5, 0.6) is 0 Å². The van der Waals surface area contributed by atoms with Crippen molar-refractivity contribution >= 4 is 29.7 Å². The van der Waals surface area contributed by atoms with Crippen LogP contribution in [-0.4, -0.2) is 22.5 Å². The van der Waals surface area contributed by atoms with E-state index in [1.807, 2.05) is 56.3 Å². The van der Waals surface area contributed by atoms with E-state index in [9.17, 15) is 10.1 Å². The molecule has 0 amide bonds. The molecule has 2 aliphatic carbocycles. The van der Waals surface area contributed by atoms with Gasteiger partial charge >= 0.3 is 0 Å². The number of Topliss-reactive ketones (excluding diaryl/α,β-unsaturated/α-hetero) is 1. The minimum absolute atomic E-state index is 0.0647. The molecule has 0 spiro atoms. The van der Waals surface area contributed by atoms with E-state index in [2.05, 4.69) is 24.7 Å². The lowest BCUT2D eigenvalue weighted by Crippen LogP contribution is -2.46. The van der Waals surface area contributed by atoms with E-state index >= 15 is 0 Å². The minimum Gasteiger partial charge on any atom is -0.293 e. The predicted molar refractivity (Wildman–Crippen MR) is 132 cm³/mol. The Morgan fingerprint density at radius 3 is 2.70 bits per heavy atom. The number of halogens is 1. The van der Waals surface area contributed by atoms with Crippen LogP contribution in [-0.2, 0) is 16.6 Å². The standard InChI is InChI=1S/C27H25ClN4O/c1-5-17(12-13-30-4)26-31-23(18-6-8-20(28)9-7-18)21-10-11-22-16(2)24(33)19(15-29)14-27(22,3)25(21)32-26/h5-9,12-14,16,22H,4,10-11H2,1-3H3/b13-12-,17-5+/t16-,22-,27-/m1/s1. The number of carbonyl (C=O) groups excluding carboxylic acids is 1. The maximum absolute atomic E-state index is 12.8. The fraction of sp³-hybridized carbons (Fsp3) is 0.296. The van der Waals surface area contributed by atoms with Gasteiger partial charge in [0.2, 0.25) is 0 Å². The van der Waals surface area contributed by atoms with Gasteiger partial charge in [-0.3, -0.25) is 9.79 Å². The molecule has 1 heterocycles. The van der Waals surface area contributed by atoms with Gasteiger partial charge in [-0.15, -0.1) is 0 Å². The summed E-state index contributed by atoms with van der Waals surface area (Å²) in [5.41, 5.74) is 4.20. The molecular weight excluding hydrogens is 432 g/mol. The summed E-state index contributed by atoms with van der Waals surface area (Å²) >= 11 is 6.14. The number of fused-ring (bicyclic) bond motifs is 3. The van der Waals surface area contributed by atoms with Gasteiger partial charge in [0.25, 0.3) is 0 Å². The summed E-state index contributed by atoms with van der Waals surface area (Å²) in [6.45, 7) is 9.46. The second kappa shape index (κ2) is 8.88. The summed E-state index contributed by atoms with van der Waals surface area (Å²) in [5, 5.41) is 10.3. The van der Waals surface area contributed by atoms with Crippen LogP contribution in [0.3, 0.4) is 0 Å². The fourth-order valence-corrected chi connectivity index (χ4v) is 5.31. The average molecular weight is 457 g/mol. The molecular formula is C27H25ClN4O. The summed E-state index contributed by atoms with van der Waals surface area (Å²) in [5.74, 6) is 0.310.